The number of nitrogens with zero attached hydrogens (tertiary/aromatic N) is 1. The first-order valence-corrected chi connectivity index (χ1v) is 7.69. The smallest absolute Gasteiger partial charge is 0.145 e. The van der Waals surface area contributed by atoms with Crippen LogP contribution in [0.3, 0.4) is 0 Å². The predicted octanol–water partition coefficient (Wildman–Crippen LogP) is 5.02. The van der Waals surface area contributed by atoms with E-state index < -0.39 is 0 Å². The van der Waals surface area contributed by atoms with E-state index >= 15 is 0 Å². The summed E-state index contributed by atoms with van der Waals surface area (Å²) in [7, 11) is 1.61. The van der Waals surface area contributed by atoms with E-state index in [9.17, 15) is 5.26 Å². The highest BCUT2D eigenvalue weighted by Gasteiger charge is 2.09. The van der Waals surface area contributed by atoms with E-state index in [1.807, 2.05) is 18.2 Å². The molecule has 102 valence electrons. The molecular weight excluding hydrogens is 386 g/mol. The predicted molar refractivity (Wildman–Crippen MR) is 84.6 cm³/mol. The third kappa shape index (κ3) is 3.33. The van der Waals surface area contributed by atoms with Crippen LogP contribution in [0.15, 0.2) is 40.9 Å². The average molecular weight is 397 g/mol. The van der Waals surface area contributed by atoms with Gasteiger partial charge in [-0.05, 0) is 51.8 Å². The number of ether oxygens (including phenoxy) is 2. The first-order valence-electron chi connectivity index (χ1n) is 5.78. The van der Waals surface area contributed by atoms with Crippen molar-refractivity contribution >= 4 is 31.9 Å². The first kappa shape index (κ1) is 14.9. The number of nitriles is 1. The molecule has 0 amide bonds. The number of alkyl halides is 1. The zero-order valence-corrected chi connectivity index (χ0v) is 13.9. The van der Waals surface area contributed by atoms with Gasteiger partial charge in [-0.2, -0.15) is 5.26 Å². The molecule has 3 nitrogen and oxygen atoms in total. The van der Waals surface area contributed by atoms with Gasteiger partial charge in [-0.15, -0.1) is 0 Å². The lowest BCUT2D eigenvalue weighted by molar-refractivity contribution is 0.412. The highest BCUT2D eigenvalue weighted by molar-refractivity contribution is 9.10. The maximum absolute atomic E-state index is 9.19. The Hall–Kier alpha value is -1.51. The standard InChI is InChI=1S/C15H11Br2NO2/c1-19-12-3-5-15(13(17)7-12)20-14-4-2-10(8-16)6-11(14)9-18/h2-7H,8H2,1H3. The van der Waals surface area contributed by atoms with Gasteiger partial charge in [0.25, 0.3) is 0 Å². The van der Waals surface area contributed by atoms with Gasteiger partial charge in [-0.1, -0.05) is 22.0 Å². The van der Waals surface area contributed by atoms with E-state index in [2.05, 4.69) is 37.9 Å². The van der Waals surface area contributed by atoms with E-state index in [4.69, 9.17) is 9.47 Å². The molecule has 0 N–H and O–H groups in total. The molecule has 0 aliphatic carbocycles. The lowest BCUT2D eigenvalue weighted by Gasteiger charge is -2.11. The summed E-state index contributed by atoms with van der Waals surface area (Å²) in [6.45, 7) is 0. The van der Waals surface area contributed by atoms with Crippen LogP contribution >= 0.6 is 31.9 Å². The molecule has 0 heterocycles. The van der Waals surface area contributed by atoms with Crippen LogP contribution < -0.4 is 9.47 Å². The highest BCUT2D eigenvalue weighted by atomic mass is 79.9. The van der Waals surface area contributed by atoms with Gasteiger partial charge >= 0.3 is 0 Å². The zero-order valence-electron chi connectivity index (χ0n) is 10.7. The molecule has 2 rings (SSSR count). The van der Waals surface area contributed by atoms with Crippen LogP contribution in [0.1, 0.15) is 11.1 Å². The Morgan fingerprint density at radius 1 is 1.15 bits per heavy atom. The molecule has 2 aromatic carbocycles. The van der Waals surface area contributed by atoms with Gasteiger partial charge < -0.3 is 9.47 Å². The fourth-order valence-corrected chi connectivity index (χ4v) is 2.43. The van der Waals surface area contributed by atoms with Gasteiger partial charge in [-0.3, -0.25) is 0 Å². The number of hydrogen-bond donors (Lipinski definition) is 0. The molecule has 0 saturated heterocycles. The van der Waals surface area contributed by atoms with Crippen molar-refractivity contribution in [3.8, 4) is 23.3 Å². The van der Waals surface area contributed by atoms with Crippen LogP contribution in [0, 0.1) is 11.3 Å². The molecule has 0 atom stereocenters. The van der Waals surface area contributed by atoms with Crippen molar-refractivity contribution in [3.05, 3.63) is 52.0 Å². The van der Waals surface area contributed by atoms with E-state index in [0.29, 0.717) is 22.4 Å². The summed E-state index contributed by atoms with van der Waals surface area (Å²) in [5.41, 5.74) is 1.53. The second-order valence-corrected chi connectivity index (χ2v) is 5.39. The summed E-state index contributed by atoms with van der Waals surface area (Å²) in [6.07, 6.45) is 0. The van der Waals surface area contributed by atoms with Gasteiger partial charge in [0, 0.05) is 5.33 Å². The van der Waals surface area contributed by atoms with Crippen molar-refractivity contribution in [2.24, 2.45) is 0 Å². The highest BCUT2D eigenvalue weighted by Crippen LogP contribution is 2.34. The van der Waals surface area contributed by atoms with Crippen molar-refractivity contribution in [2.45, 2.75) is 5.33 Å². The second-order valence-electron chi connectivity index (χ2n) is 3.97. The first-order chi connectivity index (χ1) is 9.67. The molecule has 0 aliphatic heterocycles. The molecule has 0 spiro atoms. The molecule has 0 aromatic heterocycles. The van der Waals surface area contributed by atoms with Crippen molar-refractivity contribution in [2.75, 3.05) is 7.11 Å². The quantitative estimate of drug-likeness (QED) is 0.681. The Balaban J connectivity index is 2.33. The average Bonchev–Trinajstić information content (AvgIpc) is 2.49. The fraction of sp³-hybridized carbons (Fsp3) is 0.133. The molecular formula is C15H11Br2NO2. The van der Waals surface area contributed by atoms with E-state index in [-0.39, 0.29) is 0 Å². The molecule has 0 unspecified atom stereocenters. The van der Waals surface area contributed by atoms with Crippen molar-refractivity contribution in [1.29, 1.82) is 5.26 Å². The van der Waals surface area contributed by atoms with Gasteiger partial charge in [0.2, 0.25) is 0 Å². The maximum Gasteiger partial charge on any atom is 0.145 e. The van der Waals surface area contributed by atoms with Gasteiger partial charge in [-0.25, -0.2) is 0 Å². The van der Waals surface area contributed by atoms with Crippen LogP contribution in [0.5, 0.6) is 17.2 Å². The topological polar surface area (TPSA) is 42.2 Å². The van der Waals surface area contributed by atoms with Gasteiger partial charge in [0.1, 0.15) is 23.3 Å². The molecule has 0 fully saturated rings. The fourth-order valence-electron chi connectivity index (χ4n) is 1.65. The number of halogens is 2. The second kappa shape index (κ2) is 6.78. The third-order valence-corrected chi connectivity index (χ3v) is 3.94. The lowest BCUT2D eigenvalue weighted by Crippen LogP contribution is -1.91. The third-order valence-electron chi connectivity index (χ3n) is 2.68. The van der Waals surface area contributed by atoms with Crippen LogP contribution in [0.4, 0.5) is 0 Å². The monoisotopic (exact) mass is 395 g/mol. The molecule has 0 radical (unpaired) electrons. The Labute approximate surface area is 134 Å². The molecule has 2 aromatic rings. The summed E-state index contributed by atoms with van der Waals surface area (Å²) in [4.78, 5) is 0. The summed E-state index contributed by atoms with van der Waals surface area (Å²) in [5, 5.41) is 9.89. The minimum Gasteiger partial charge on any atom is -0.497 e. The number of methoxy groups -OCH3 is 1. The van der Waals surface area contributed by atoms with Crippen LogP contribution in [0.25, 0.3) is 0 Å². The summed E-state index contributed by atoms with van der Waals surface area (Å²) in [6, 6.07) is 13.1. The maximum atomic E-state index is 9.19. The number of hydrogen-bond acceptors (Lipinski definition) is 3. The Kier molecular flexibility index (Phi) is 5.05. The number of benzene rings is 2. The Morgan fingerprint density at radius 2 is 1.90 bits per heavy atom. The van der Waals surface area contributed by atoms with Crippen molar-refractivity contribution < 1.29 is 9.47 Å². The Bertz CT molecular complexity index is 665. The van der Waals surface area contributed by atoms with Crippen LogP contribution in [-0.2, 0) is 5.33 Å². The van der Waals surface area contributed by atoms with Crippen molar-refractivity contribution in [1.82, 2.24) is 0 Å². The molecule has 0 saturated carbocycles. The largest absolute Gasteiger partial charge is 0.497 e. The Morgan fingerprint density at radius 3 is 2.50 bits per heavy atom. The number of rotatable bonds is 4. The van der Waals surface area contributed by atoms with Crippen LogP contribution in [0.2, 0.25) is 0 Å². The summed E-state index contributed by atoms with van der Waals surface area (Å²) >= 11 is 6.79. The molecule has 20 heavy (non-hydrogen) atoms. The molecule has 5 heteroatoms. The summed E-state index contributed by atoms with van der Waals surface area (Å²) < 4.78 is 11.7. The minimum absolute atomic E-state index is 0.504. The lowest BCUT2D eigenvalue weighted by atomic mass is 10.1. The minimum atomic E-state index is 0.504. The zero-order chi connectivity index (χ0) is 14.5. The SMILES string of the molecule is COc1ccc(Oc2ccc(CBr)cc2C#N)c(Br)c1. The van der Waals surface area contributed by atoms with Crippen molar-refractivity contribution in [3.63, 3.8) is 0 Å². The van der Waals surface area contributed by atoms with Gasteiger partial charge in [0.05, 0.1) is 17.1 Å². The van der Waals surface area contributed by atoms with Crippen LogP contribution in [-0.4, -0.2) is 7.11 Å². The summed E-state index contributed by atoms with van der Waals surface area (Å²) in [5.74, 6) is 1.90. The van der Waals surface area contributed by atoms with E-state index in [1.165, 1.54) is 0 Å². The van der Waals surface area contributed by atoms with E-state index in [1.54, 1.807) is 25.3 Å². The molecule has 0 bridgehead atoms. The molecule has 0 aliphatic rings. The van der Waals surface area contributed by atoms with E-state index in [0.717, 1.165) is 15.8 Å². The van der Waals surface area contributed by atoms with Gasteiger partial charge in [0.15, 0.2) is 0 Å². The normalized spacial score (nSPS) is 9.90.